The molecule has 0 spiro atoms. The van der Waals surface area contributed by atoms with E-state index in [-0.39, 0.29) is 0 Å². The second kappa shape index (κ2) is 5.89. The summed E-state index contributed by atoms with van der Waals surface area (Å²) in [6.07, 6.45) is 11.1. The van der Waals surface area contributed by atoms with Crippen LogP contribution < -0.4 is 11.1 Å². The van der Waals surface area contributed by atoms with E-state index in [1.807, 2.05) is 0 Å². The van der Waals surface area contributed by atoms with Crippen molar-refractivity contribution in [1.29, 1.82) is 0 Å². The first-order chi connectivity index (χ1) is 8.86. The summed E-state index contributed by atoms with van der Waals surface area (Å²) in [5.74, 6) is 0.736. The molecule has 1 saturated heterocycles. The molecule has 2 saturated carbocycles. The van der Waals surface area contributed by atoms with Gasteiger partial charge in [-0.1, -0.05) is 12.8 Å². The van der Waals surface area contributed by atoms with Crippen molar-refractivity contribution >= 4 is 0 Å². The highest BCUT2D eigenvalue weighted by Gasteiger charge is 2.33. The molecule has 3 nitrogen and oxygen atoms in total. The van der Waals surface area contributed by atoms with Crippen LogP contribution in [0.5, 0.6) is 0 Å². The number of likely N-dealkylation sites (tertiary alicyclic amines) is 1. The summed E-state index contributed by atoms with van der Waals surface area (Å²) < 4.78 is 0. The van der Waals surface area contributed by atoms with Crippen molar-refractivity contribution in [3.8, 4) is 0 Å². The molecule has 104 valence electrons. The van der Waals surface area contributed by atoms with E-state index >= 15 is 0 Å². The number of nitrogens with zero attached hydrogens (tertiary/aromatic N) is 1. The molecule has 3 N–H and O–H groups in total. The lowest BCUT2D eigenvalue weighted by Crippen LogP contribution is -2.50. The van der Waals surface area contributed by atoms with Gasteiger partial charge in [-0.05, 0) is 64.1 Å². The summed E-state index contributed by atoms with van der Waals surface area (Å²) in [6, 6.07) is 2.43. The minimum atomic E-state index is 0.709. The van der Waals surface area contributed by atoms with Gasteiger partial charge in [0.1, 0.15) is 0 Å². The Morgan fingerprint density at radius 3 is 2.33 bits per heavy atom. The maximum absolute atomic E-state index is 5.92. The van der Waals surface area contributed by atoms with Gasteiger partial charge in [0, 0.05) is 18.1 Å². The van der Waals surface area contributed by atoms with Crippen molar-refractivity contribution in [1.82, 2.24) is 10.2 Å². The van der Waals surface area contributed by atoms with E-state index in [1.165, 1.54) is 64.5 Å². The first-order valence-corrected chi connectivity index (χ1v) is 8.07. The molecule has 0 amide bonds. The molecule has 1 aliphatic heterocycles. The Labute approximate surface area is 111 Å². The van der Waals surface area contributed by atoms with Crippen molar-refractivity contribution < 1.29 is 0 Å². The van der Waals surface area contributed by atoms with Crippen LogP contribution in [0, 0.1) is 5.92 Å². The fourth-order valence-corrected chi connectivity index (χ4v) is 3.88. The lowest BCUT2D eigenvalue weighted by atomic mass is 9.83. The molecule has 3 fully saturated rings. The summed E-state index contributed by atoms with van der Waals surface area (Å²) in [6.45, 7) is 3.52. The molecule has 2 atom stereocenters. The molecule has 3 heteroatoms. The van der Waals surface area contributed by atoms with Crippen LogP contribution in [0.15, 0.2) is 0 Å². The Kier molecular flexibility index (Phi) is 4.22. The van der Waals surface area contributed by atoms with Crippen LogP contribution in [-0.2, 0) is 0 Å². The summed E-state index contributed by atoms with van der Waals surface area (Å²) in [5, 5.41) is 3.93. The molecular weight excluding hydrogens is 222 g/mol. The highest BCUT2D eigenvalue weighted by molar-refractivity contribution is 4.91. The summed E-state index contributed by atoms with van der Waals surface area (Å²) in [5.41, 5.74) is 5.92. The smallest absolute Gasteiger partial charge is 0.0110 e. The fourth-order valence-electron chi connectivity index (χ4n) is 3.88. The molecule has 3 rings (SSSR count). The van der Waals surface area contributed by atoms with E-state index < -0.39 is 0 Å². The number of hydrogen-bond donors (Lipinski definition) is 2. The minimum Gasteiger partial charge on any atom is -0.330 e. The topological polar surface area (TPSA) is 41.3 Å². The number of nitrogens with two attached hydrogens (primary N) is 1. The highest BCUT2D eigenvalue weighted by Crippen LogP contribution is 2.30. The van der Waals surface area contributed by atoms with Crippen molar-refractivity contribution in [3.05, 3.63) is 0 Å². The zero-order valence-electron chi connectivity index (χ0n) is 11.6. The fraction of sp³-hybridized carbons (Fsp3) is 1.00. The van der Waals surface area contributed by atoms with Gasteiger partial charge in [-0.25, -0.2) is 0 Å². The Balaban J connectivity index is 1.44. The summed E-state index contributed by atoms with van der Waals surface area (Å²) in [7, 11) is 0. The third kappa shape index (κ3) is 3.06. The first kappa shape index (κ1) is 12.9. The van der Waals surface area contributed by atoms with E-state index in [1.54, 1.807) is 0 Å². The quantitative estimate of drug-likeness (QED) is 0.799. The lowest BCUT2D eigenvalue weighted by Gasteiger charge is -2.38. The van der Waals surface area contributed by atoms with E-state index in [0.29, 0.717) is 6.04 Å². The lowest BCUT2D eigenvalue weighted by molar-refractivity contribution is 0.163. The molecule has 0 bridgehead atoms. The Hall–Kier alpha value is -0.120. The Morgan fingerprint density at radius 2 is 1.67 bits per heavy atom. The van der Waals surface area contributed by atoms with E-state index in [0.717, 1.165) is 24.5 Å². The van der Waals surface area contributed by atoms with Crippen LogP contribution in [0.2, 0.25) is 0 Å². The average Bonchev–Trinajstić information content (AvgIpc) is 3.25. The average molecular weight is 251 g/mol. The van der Waals surface area contributed by atoms with Crippen LogP contribution in [0.1, 0.15) is 51.4 Å². The predicted molar refractivity (Wildman–Crippen MR) is 75.6 cm³/mol. The number of nitrogens with one attached hydrogen (secondary N) is 1. The maximum Gasteiger partial charge on any atom is 0.0110 e. The van der Waals surface area contributed by atoms with Gasteiger partial charge in [0.15, 0.2) is 0 Å². The third-order valence-corrected chi connectivity index (χ3v) is 5.25. The molecule has 0 aromatic carbocycles. The molecule has 2 aliphatic carbocycles. The molecule has 0 aromatic rings. The summed E-state index contributed by atoms with van der Waals surface area (Å²) in [4.78, 5) is 2.71. The Bertz CT molecular complexity index is 256. The van der Waals surface area contributed by atoms with Crippen LogP contribution in [0.4, 0.5) is 0 Å². The van der Waals surface area contributed by atoms with Gasteiger partial charge >= 0.3 is 0 Å². The van der Waals surface area contributed by atoms with Crippen LogP contribution in [0.25, 0.3) is 0 Å². The minimum absolute atomic E-state index is 0.709. The molecule has 2 unspecified atom stereocenters. The molecule has 3 aliphatic rings. The standard InChI is InChI=1S/C15H29N3/c16-11-12-3-1-2-4-15(12)17-13-7-9-18(10-8-13)14-5-6-14/h12-15,17H,1-11,16H2. The predicted octanol–water partition coefficient (Wildman–Crippen LogP) is 1.72. The van der Waals surface area contributed by atoms with E-state index in [2.05, 4.69) is 10.2 Å². The normalized spacial score (nSPS) is 35.8. The second-order valence-electron chi connectivity index (χ2n) is 6.59. The molecule has 18 heavy (non-hydrogen) atoms. The van der Waals surface area contributed by atoms with Crippen LogP contribution in [0.3, 0.4) is 0 Å². The van der Waals surface area contributed by atoms with Crippen LogP contribution in [-0.4, -0.2) is 42.7 Å². The Morgan fingerprint density at radius 1 is 0.944 bits per heavy atom. The zero-order valence-corrected chi connectivity index (χ0v) is 11.6. The van der Waals surface area contributed by atoms with Crippen LogP contribution >= 0.6 is 0 Å². The van der Waals surface area contributed by atoms with E-state index in [4.69, 9.17) is 5.73 Å². The van der Waals surface area contributed by atoms with Gasteiger partial charge in [-0.2, -0.15) is 0 Å². The second-order valence-corrected chi connectivity index (χ2v) is 6.59. The molecular formula is C15H29N3. The van der Waals surface area contributed by atoms with Gasteiger partial charge in [0.25, 0.3) is 0 Å². The number of hydrogen-bond acceptors (Lipinski definition) is 3. The van der Waals surface area contributed by atoms with Crippen molar-refractivity contribution in [3.63, 3.8) is 0 Å². The monoisotopic (exact) mass is 251 g/mol. The molecule has 1 heterocycles. The molecule has 0 radical (unpaired) electrons. The van der Waals surface area contributed by atoms with Gasteiger partial charge in [0.05, 0.1) is 0 Å². The number of rotatable bonds is 4. The molecule has 0 aromatic heterocycles. The summed E-state index contributed by atoms with van der Waals surface area (Å²) >= 11 is 0. The highest BCUT2D eigenvalue weighted by atomic mass is 15.2. The van der Waals surface area contributed by atoms with Gasteiger partial charge < -0.3 is 16.0 Å². The third-order valence-electron chi connectivity index (χ3n) is 5.25. The zero-order chi connectivity index (χ0) is 12.4. The number of piperidine rings is 1. The van der Waals surface area contributed by atoms with Crippen molar-refractivity contribution in [2.45, 2.75) is 69.5 Å². The SMILES string of the molecule is NCC1CCCCC1NC1CCN(C2CC2)CC1. The van der Waals surface area contributed by atoms with E-state index in [9.17, 15) is 0 Å². The van der Waals surface area contributed by atoms with Crippen molar-refractivity contribution in [2.75, 3.05) is 19.6 Å². The van der Waals surface area contributed by atoms with Gasteiger partial charge in [-0.15, -0.1) is 0 Å². The van der Waals surface area contributed by atoms with Gasteiger partial charge in [-0.3, -0.25) is 0 Å². The van der Waals surface area contributed by atoms with Crippen molar-refractivity contribution in [2.24, 2.45) is 11.7 Å². The maximum atomic E-state index is 5.92. The first-order valence-electron chi connectivity index (χ1n) is 8.07. The van der Waals surface area contributed by atoms with Gasteiger partial charge in [0.2, 0.25) is 0 Å². The largest absolute Gasteiger partial charge is 0.330 e.